The van der Waals surface area contributed by atoms with Gasteiger partial charge in [0.15, 0.2) is 5.82 Å². The van der Waals surface area contributed by atoms with Gasteiger partial charge in [0.05, 0.1) is 0 Å². The normalized spacial score (nSPS) is 14.8. The Labute approximate surface area is 120 Å². The van der Waals surface area contributed by atoms with Crippen LogP contribution >= 0.6 is 0 Å². The second-order valence-electron chi connectivity index (χ2n) is 5.41. The first-order chi connectivity index (χ1) is 9.90. The van der Waals surface area contributed by atoms with E-state index in [9.17, 15) is 0 Å². The van der Waals surface area contributed by atoms with Crippen molar-refractivity contribution in [2.45, 2.75) is 38.6 Å². The van der Waals surface area contributed by atoms with Gasteiger partial charge >= 0.3 is 0 Å². The molecule has 1 aliphatic heterocycles. The number of hydrogen-bond donors (Lipinski definition) is 1. The maximum Gasteiger partial charge on any atom is 0.164 e. The highest BCUT2D eigenvalue weighted by Gasteiger charge is 2.17. The molecule has 2 aromatic rings. The van der Waals surface area contributed by atoms with Crippen LogP contribution in [-0.4, -0.2) is 28.4 Å². The highest BCUT2D eigenvalue weighted by Crippen LogP contribution is 2.25. The van der Waals surface area contributed by atoms with Crippen LogP contribution in [0.1, 0.15) is 30.7 Å². The van der Waals surface area contributed by atoms with Crippen LogP contribution in [0.5, 0.6) is 0 Å². The lowest BCUT2D eigenvalue weighted by Crippen LogP contribution is -2.11. The molecule has 0 saturated carbocycles. The number of benzene rings is 1. The fourth-order valence-electron chi connectivity index (χ4n) is 2.90. The first kappa shape index (κ1) is 13.3. The monoisotopic (exact) mass is 270 g/mol. The minimum atomic E-state index is 0.984. The third-order valence-electron chi connectivity index (χ3n) is 4.01. The standard InChI is InChI=1S/C16H22N4/c1-17-11-10-13-7-4-5-8-14(13)16-19-18-15-9-3-2-6-12-20(15)16/h4-5,7-8,17H,2-3,6,9-12H2,1H3. The Kier molecular flexibility index (Phi) is 4.11. The first-order valence-corrected chi connectivity index (χ1v) is 7.55. The second kappa shape index (κ2) is 6.18. The minimum Gasteiger partial charge on any atom is -0.319 e. The lowest BCUT2D eigenvalue weighted by molar-refractivity contribution is 0.636. The summed E-state index contributed by atoms with van der Waals surface area (Å²) in [6, 6.07) is 8.57. The van der Waals surface area contributed by atoms with E-state index < -0.39 is 0 Å². The summed E-state index contributed by atoms with van der Waals surface area (Å²) in [6.45, 7) is 2.04. The Morgan fingerprint density at radius 2 is 2.05 bits per heavy atom. The van der Waals surface area contributed by atoms with E-state index in [0.717, 1.165) is 37.6 Å². The Morgan fingerprint density at radius 3 is 2.95 bits per heavy atom. The van der Waals surface area contributed by atoms with Gasteiger partial charge in [-0.1, -0.05) is 30.7 Å². The van der Waals surface area contributed by atoms with E-state index in [1.807, 2.05) is 7.05 Å². The molecule has 1 aromatic carbocycles. The molecule has 0 fully saturated rings. The number of hydrogen-bond acceptors (Lipinski definition) is 3. The second-order valence-corrected chi connectivity index (χ2v) is 5.41. The van der Waals surface area contributed by atoms with Gasteiger partial charge in [-0.15, -0.1) is 10.2 Å². The summed E-state index contributed by atoms with van der Waals surface area (Å²) >= 11 is 0. The smallest absolute Gasteiger partial charge is 0.164 e. The summed E-state index contributed by atoms with van der Waals surface area (Å²) in [6.07, 6.45) is 5.85. The molecule has 4 heteroatoms. The topological polar surface area (TPSA) is 42.7 Å². The number of nitrogens with one attached hydrogen (secondary N) is 1. The van der Waals surface area contributed by atoms with Crippen LogP contribution in [0.15, 0.2) is 24.3 Å². The lowest BCUT2D eigenvalue weighted by Gasteiger charge is -2.11. The highest BCUT2D eigenvalue weighted by atomic mass is 15.3. The molecule has 0 aliphatic carbocycles. The van der Waals surface area contributed by atoms with Gasteiger partial charge in [-0.2, -0.15) is 0 Å². The molecule has 1 aromatic heterocycles. The van der Waals surface area contributed by atoms with Crippen molar-refractivity contribution in [3.63, 3.8) is 0 Å². The molecule has 0 spiro atoms. The van der Waals surface area contributed by atoms with Gasteiger partial charge in [0.25, 0.3) is 0 Å². The van der Waals surface area contributed by atoms with E-state index in [2.05, 4.69) is 44.3 Å². The minimum absolute atomic E-state index is 0.984. The predicted octanol–water partition coefficient (Wildman–Crippen LogP) is 2.43. The third kappa shape index (κ3) is 2.61. The number of fused-ring (bicyclic) bond motifs is 1. The van der Waals surface area contributed by atoms with Crippen molar-refractivity contribution >= 4 is 0 Å². The van der Waals surface area contributed by atoms with Crippen molar-refractivity contribution in [1.82, 2.24) is 20.1 Å². The molecule has 1 aliphatic rings. The average Bonchev–Trinajstić information content (AvgIpc) is 2.74. The van der Waals surface area contributed by atoms with Crippen molar-refractivity contribution < 1.29 is 0 Å². The quantitative estimate of drug-likeness (QED) is 0.928. The van der Waals surface area contributed by atoms with Gasteiger partial charge in [0.1, 0.15) is 5.82 Å². The van der Waals surface area contributed by atoms with Crippen molar-refractivity contribution in [1.29, 1.82) is 0 Å². The Morgan fingerprint density at radius 1 is 1.15 bits per heavy atom. The van der Waals surface area contributed by atoms with Gasteiger partial charge in [-0.25, -0.2) is 0 Å². The van der Waals surface area contributed by atoms with Gasteiger partial charge in [-0.05, 0) is 38.4 Å². The summed E-state index contributed by atoms with van der Waals surface area (Å²) in [7, 11) is 1.99. The average molecular weight is 270 g/mol. The summed E-state index contributed by atoms with van der Waals surface area (Å²) in [5.41, 5.74) is 2.59. The van der Waals surface area contributed by atoms with E-state index >= 15 is 0 Å². The molecular weight excluding hydrogens is 248 g/mol. The molecule has 2 heterocycles. The Bertz CT molecular complexity index is 574. The summed E-state index contributed by atoms with van der Waals surface area (Å²) < 4.78 is 2.32. The van der Waals surface area contributed by atoms with Crippen LogP contribution in [0, 0.1) is 0 Å². The maximum absolute atomic E-state index is 4.47. The van der Waals surface area contributed by atoms with Crippen LogP contribution < -0.4 is 5.32 Å². The van der Waals surface area contributed by atoms with Gasteiger partial charge < -0.3 is 9.88 Å². The van der Waals surface area contributed by atoms with E-state index in [4.69, 9.17) is 0 Å². The molecule has 0 atom stereocenters. The van der Waals surface area contributed by atoms with Gasteiger partial charge in [0.2, 0.25) is 0 Å². The number of rotatable bonds is 4. The van der Waals surface area contributed by atoms with E-state index in [1.54, 1.807) is 0 Å². The van der Waals surface area contributed by atoms with Crippen molar-refractivity contribution in [2.75, 3.05) is 13.6 Å². The van der Waals surface area contributed by atoms with Gasteiger partial charge in [-0.3, -0.25) is 0 Å². The van der Waals surface area contributed by atoms with Crippen molar-refractivity contribution in [3.05, 3.63) is 35.7 Å². The van der Waals surface area contributed by atoms with Crippen LogP contribution in [0.25, 0.3) is 11.4 Å². The fourth-order valence-corrected chi connectivity index (χ4v) is 2.90. The SMILES string of the molecule is CNCCc1ccccc1-c1nnc2n1CCCCC2. The Balaban J connectivity index is 1.99. The summed E-state index contributed by atoms with van der Waals surface area (Å²) in [5.74, 6) is 2.20. The summed E-state index contributed by atoms with van der Waals surface area (Å²) in [5, 5.41) is 12.1. The first-order valence-electron chi connectivity index (χ1n) is 7.55. The molecule has 20 heavy (non-hydrogen) atoms. The van der Waals surface area contributed by atoms with Crippen molar-refractivity contribution in [3.8, 4) is 11.4 Å². The molecular formula is C16H22N4. The molecule has 3 rings (SSSR count). The van der Waals surface area contributed by atoms with Crippen LogP contribution in [-0.2, 0) is 19.4 Å². The molecule has 0 radical (unpaired) electrons. The zero-order chi connectivity index (χ0) is 13.8. The molecule has 106 valence electrons. The van der Waals surface area contributed by atoms with E-state index in [-0.39, 0.29) is 0 Å². The number of likely N-dealkylation sites (N-methyl/N-ethyl adjacent to an activating group) is 1. The number of aryl methyl sites for hydroxylation is 1. The molecule has 0 saturated heterocycles. The largest absolute Gasteiger partial charge is 0.319 e. The van der Waals surface area contributed by atoms with Crippen LogP contribution in [0.2, 0.25) is 0 Å². The molecule has 0 bridgehead atoms. The van der Waals surface area contributed by atoms with Crippen LogP contribution in [0.3, 0.4) is 0 Å². The third-order valence-corrected chi connectivity index (χ3v) is 4.01. The number of aromatic nitrogens is 3. The fraction of sp³-hybridized carbons (Fsp3) is 0.500. The molecule has 0 amide bonds. The van der Waals surface area contributed by atoms with Gasteiger partial charge in [0, 0.05) is 18.5 Å². The maximum atomic E-state index is 4.47. The van der Waals surface area contributed by atoms with Crippen molar-refractivity contribution in [2.24, 2.45) is 0 Å². The number of nitrogens with zero attached hydrogens (tertiary/aromatic N) is 3. The summed E-state index contributed by atoms with van der Waals surface area (Å²) in [4.78, 5) is 0. The van der Waals surface area contributed by atoms with Crippen LogP contribution in [0.4, 0.5) is 0 Å². The molecule has 1 N–H and O–H groups in total. The zero-order valence-electron chi connectivity index (χ0n) is 12.1. The molecule has 0 unspecified atom stereocenters. The predicted molar refractivity (Wildman–Crippen MR) is 80.6 cm³/mol. The van der Waals surface area contributed by atoms with E-state index in [0.29, 0.717) is 0 Å². The zero-order valence-corrected chi connectivity index (χ0v) is 12.1. The Hall–Kier alpha value is -1.68. The highest BCUT2D eigenvalue weighted by molar-refractivity contribution is 5.60. The lowest BCUT2D eigenvalue weighted by atomic mass is 10.0. The molecule has 4 nitrogen and oxygen atoms in total. The van der Waals surface area contributed by atoms with E-state index in [1.165, 1.54) is 30.4 Å².